The standard InChI is InChI=1S/C17H23NO/c1-5-15(18-6-2)17-10-9-16(19-17)14-11-12(3)7-8-13(14)4/h7-11,15,18H,5-6H2,1-4H3. The molecule has 2 nitrogen and oxygen atoms in total. The molecule has 1 N–H and O–H groups in total. The number of aryl methyl sites for hydroxylation is 2. The van der Waals surface area contributed by atoms with Crippen LogP contribution in [0, 0.1) is 13.8 Å². The van der Waals surface area contributed by atoms with E-state index in [-0.39, 0.29) is 0 Å². The average molecular weight is 257 g/mol. The fraction of sp³-hybridized carbons (Fsp3) is 0.412. The minimum atomic E-state index is 0.309. The summed E-state index contributed by atoms with van der Waals surface area (Å²) in [6.45, 7) is 9.49. The fourth-order valence-electron chi connectivity index (χ4n) is 2.38. The molecule has 2 heteroatoms. The Kier molecular flexibility index (Phi) is 4.43. The maximum atomic E-state index is 6.05. The lowest BCUT2D eigenvalue weighted by Crippen LogP contribution is -2.19. The molecule has 19 heavy (non-hydrogen) atoms. The molecule has 1 aromatic carbocycles. The lowest BCUT2D eigenvalue weighted by molar-refractivity contribution is 0.417. The van der Waals surface area contributed by atoms with Crippen LogP contribution >= 0.6 is 0 Å². The average Bonchev–Trinajstić information content (AvgIpc) is 2.88. The number of furan rings is 1. The molecule has 0 fully saturated rings. The van der Waals surface area contributed by atoms with Crippen LogP contribution in [0.2, 0.25) is 0 Å². The maximum Gasteiger partial charge on any atom is 0.134 e. The van der Waals surface area contributed by atoms with Crippen molar-refractivity contribution in [3.05, 3.63) is 47.2 Å². The highest BCUT2D eigenvalue weighted by molar-refractivity contribution is 5.63. The van der Waals surface area contributed by atoms with Crippen LogP contribution in [0.4, 0.5) is 0 Å². The van der Waals surface area contributed by atoms with E-state index < -0.39 is 0 Å². The third kappa shape index (κ3) is 3.07. The highest BCUT2D eigenvalue weighted by Gasteiger charge is 2.14. The summed E-state index contributed by atoms with van der Waals surface area (Å²) in [7, 11) is 0. The van der Waals surface area contributed by atoms with Gasteiger partial charge in [-0.3, -0.25) is 0 Å². The molecule has 1 aromatic heterocycles. The van der Waals surface area contributed by atoms with Crippen molar-refractivity contribution in [1.29, 1.82) is 0 Å². The van der Waals surface area contributed by atoms with E-state index in [4.69, 9.17) is 4.42 Å². The van der Waals surface area contributed by atoms with Crippen LogP contribution in [0.1, 0.15) is 43.2 Å². The molecule has 2 rings (SSSR count). The van der Waals surface area contributed by atoms with E-state index in [0.29, 0.717) is 6.04 Å². The first-order valence-electron chi connectivity index (χ1n) is 7.06. The van der Waals surface area contributed by atoms with Crippen molar-refractivity contribution >= 4 is 0 Å². The highest BCUT2D eigenvalue weighted by Crippen LogP contribution is 2.29. The second-order valence-electron chi connectivity index (χ2n) is 5.04. The molecule has 0 spiro atoms. The van der Waals surface area contributed by atoms with E-state index in [9.17, 15) is 0 Å². The Morgan fingerprint density at radius 3 is 2.58 bits per heavy atom. The molecule has 2 aromatic rings. The predicted molar refractivity (Wildman–Crippen MR) is 80.3 cm³/mol. The lowest BCUT2D eigenvalue weighted by atomic mass is 10.0. The smallest absolute Gasteiger partial charge is 0.134 e. The van der Waals surface area contributed by atoms with Crippen LogP contribution in [-0.2, 0) is 0 Å². The second kappa shape index (κ2) is 6.07. The van der Waals surface area contributed by atoms with Gasteiger partial charge in [0.2, 0.25) is 0 Å². The van der Waals surface area contributed by atoms with Crippen molar-refractivity contribution in [1.82, 2.24) is 5.32 Å². The van der Waals surface area contributed by atoms with Crippen molar-refractivity contribution in [3.8, 4) is 11.3 Å². The van der Waals surface area contributed by atoms with Crippen LogP contribution in [-0.4, -0.2) is 6.54 Å². The highest BCUT2D eigenvalue weighted by atomic mass is 16.3. The van der Waals surface area contributed by atoms with Gasteiger partial charge in [0, 0.05) is 5.56 Å². The summed E-state index contributed by atoms with van der Waals surface area (Å²) >= 11 is 0. The van der Waals surface area contributed by atoms with Gasteiger partial charge in [-0.25, -0.2) is 0 Å². The lowest BCUT2D eigenvalue weighted by Gasteiger charge is -2.12. The maximum absolute atomic E-state index is 6.05. The Balaban J connectivity index is 2.32. The quantitative estimate of drug-likeness (QED) is 0.845. The summed E-state index contributed by atoms with van der Waals surface area (Å²) < 4.78 is 6.05. The Morgan fingerprint density at radius 2 is 1.89 bits per heavy atom. The Morgan fingerprint density at radius 1 is 1.11 bits per heavy atom. The third-order valence-electron chi connectivity index (χ3n) is 3.49. The third-order valence-corrected chi connectivity index (χ3v) is 3.49. The molecule has 0 bridgehead atoms. The van der Waals surface area contributed by atoms with Gasteiger partial charge in [0.05, 0.1) is 6.04 Å². The molecule has 0 aliphatic heterocycles. The first-order chi connectivity index (χ1) is 9.15. The molecule has 1 atom stereocenters. The van der Waals surface area contributed by atoms with Crippen molar-refractivity contribution in [2.45, 2.75) is 40.2 Å². The van der Waals surface area contributed by atoms with Gasteiger partial charge in [-0.05, 0) is 50.6 Å². The fourth-order valence-corrected chi connectivity index (χ4v) is 2.38. The first-order valence-corrected chi connectivity index (χ1v) is 7.06. The molecular formula is C17H23NO. The monoisotopic (exact) mass is 257 g/mol. The topological polar surface area (TPSA) is 25.2 Å². The summed E-state index contributed by atoms with van der Waals surface area (Å²) in [5.41, 5.74) is 3.71. The van der Waals surface area contributed by atoms with Crippen molar-refractivity contribution < 1.29 is 4.42 Å². The molecule has 0 amide bonds. The molecular weight excluding hydrogens is 234 g/mol. The number of nitrogens with one attached hydrogen (secondary N) is 1. The van der Waals surface area contributed by atoms with E-state index in [1.165, 1.54) is 16.7 Å². The molecule has 0 radical (unpaired) electrons. The van der Waals surface area contributed by atoms with Crippen molar-refractivity contribution in [2.24, 2.45) is 0 Å². The SMILES string of the molecule is CCNC(CC)c1ccc(-c2cc(C)ccc2C)o1. The zero-order chi connectivity index (χ0) is 13.8. The van der Waals surface area contributed by atoms with Gasteiger partial charge < -0.3 is 9.73 Å². The molecule has 1 unspecified atom stereocenters. The van der Waals surface area contributed by atoms with E-state index in [0.717, 1.165) is 24.5 Å². The summed E-state index contributed by atoms with van der Waals surface area (Å²) in [4.78, 5) is 0. The summed E-state index contributed by atoms with van der Waals surface area (Å²) in [5.74, 6) is 1.99. The predicted octanol–water partition coefficient (Wildman–Crippen LogP) is 4.62. The van der Waals surface area contributed by atoms with E-state index >= 15 is 0 Å². The van der Waals surface area contributed by atoms with Gasteiger partial charge in [-0.1, -0.05) is 31.5 Å². The Hall–Kier alpha value is -1.54. The largest absolute Gasteiger partial charge is 0.459 e. The van der Waals surface area contributed by atoms with Gasteiger partial charge in [-0.15, -0.1) is 0 Å². The number of benzene rings is 1. The first kappa shape index (κ1) is 13.9. The van der Waals surface area contributed by atoms with Gasteiger partial charge in [0.1, 0.15) is 11.5 Å². The minimum Gasteiger partial charge on any atom is -0.459 e. The Labute approximate surface area is 115 Å². The normalized spacial score (nSPS) is 12.6. The number of hydrogen-bond acceptors (Lipinski definition) is 2. The van der Waals surface area contributed by atoms with Crippen molar-refractivity contribution in [2.75, 3.05) is 6.54 Å². The van der Waals surface area contributed by atoms with Crippen LogP contribution in [0.5, 0.6) is 0 Å². The van der Waals surface area contributed by atoms with E-state index in [1.54, 1.807) is 0 Å². The summed E-state index contributed by atoms with van der Waals surface area (Å²) in [6, 6.07) is 10.9. The van der Waals surface area contributed by atoms with E-state index in [1.807, 2.05) is 0 Å². The molecule has 0 saturated carbocycles. The Bertz CT molecular complexity index is 542. The van der Waals surface area contributed by atoms with Crippen LogP contribution in [0.3, 0.4) is 0 Å². The van der Waals surface area contributed by atoms with Gasteiger partial charge >= 0.3 is 0 Å². The van der Waals surface area contributed by atoms with Crippen LogP contribution in [0.15, 0.2) is 34.7 Å². The van der Waals surface area contributed by atoms with Crippen LogP contribution < -0.4 is 5.32 Å². The number of hydrogen-bond donors (Lipinski definition) is 1. The molecule has 0 saturated heterocycles. The second-order valence-corrected chi connectivity index (χ2v) is 5.04. The zero-order valence-corrected chi connectivity index (χ0v) is 12.3. The van der Waals surface area contributed by atoms with E-state index in [2.05, 4.69) is 63.3 Å². The van der Waals surface area contributed by atoms with Gasteiger partial charge in [0.25, 0.3) is 0 Å². The van der Waals surface area contributed by atoms with Gasteiger partial charge in [-0.2, -0.15) is 0 Å². The molecule has 0 aliphatic rings. The van der Waals surface area contributed by atoms with Crippen LogP contribution in [0.25, 0.3) is 11.3 Å². The van der Waals surface area contributed by atoms with Crippen molar-refractivity contribution in [3.63, 3.8) is 0 Å². The molecule has 1 heterocycles. The summed E-state index contributed by atoms with van der Waals surface area (Å²) in [6.07, 6.45) is 1.04. The summed E-state index contributed by atoms with van der Waals surface area (Å²) in [5, 5.41) is 3.45. The van der Waals surface area contributed by atoms with Gasteiger partial charge in [0.15, 0.2) is 0 Å². The zero-order valence-electron chi connectivity index (χ0n) is 12.3. The number of rotatable bonds is 5. The molecule has 102 valence electrons. The minimum absolute atomic E-state index is 0.309. The molecule has 0 aliphatic carbocycles.